The Hall–Kier alpha value is -2.33. The third kappa shape index (κ3) is 3.02. The van der Waals surface area contributed by atoms with Crippen molar-refractivity contribution < 1.29 is 9.59 Å². The molecule has 2 aromatic rings. The van der Waals surface area contributed by atoms with Gasteiger partial charge in [0.25, 0.3) is 0 Å². The van der Waals surface area contributed by atoms with Crippen LogP contribution in [0.5, 0.6) is 0 Å². The molecule has 0 aromatic heterocycles. The summed E-state index contributed by atoms with van der Waals surface area (Å²) in [4.78, 5) is 25.3. The number of nitrogens with one attached hydrogen (secondary N) is 2. The highest BCUT2D eigenvalue weighted by Crippen LogP contribution is 2.48. The monoisotopic (exact) mass is 342 g/mol. The summed E-state index contributed by atoms with van der Waals surface area (Å²) in [5, 5.41) is 6.13. The lowest BCUT2D eigenvalue weighted by molar-refractivity contribution is -0.131. The number of carbonyl (C=O) groups excluding carboxylic acids is 2. The van der Waals surface area contributed by atoms with E-state index in [4.69, 9.17) is 11.6 Å². The fourth-order valence-electron chi connectivity index (χ4n) is 2.62. The largest absolute Gasteiger partial charge is 0.325 e. The minimum atomic E-state index is -1.00. The van der Waals surface area contributed by atoms with Gasteiger partial charge in [-0.05, 0) is 56.0 Å². The Bertz CT molecular complexity index is 813. The topological polar surface area (TPSA) is 58.2 Å². The first-order valence-electron chi connectivity index (χ1n) is 7.88. The first kappa shape index (κ1) is 16.5. The van der Waals surface area contributed by atoms with Crippen LogP contribution in [0.2, 0.25) is 5.02 Å². The van der Waals surface area contributed by atoms with Gasteiger partial charge in [0.05, 0.1) is 10.7 Å². The van der Waals surface area contributed by atoms with Crippen LogP contribution in [0.25, 0.3) is 0 Å². The van der Waals surface area contributed by atoms with Crippen LogP contribution in [0.15, 0.2) is 42.5 Å². The van der Waals surface area contributed by atoms with E-state index in [0.717, 1.165) is 16.8 Å². The molecule has 2 N–H and O–H groups in total. The lowest BCUT2D eigenvalue weighted by Crippen LogP contribution is -2.35. The molecule has 0 bridgehead atoms. The molecule has 1 aliphatic rings. The van der Waals surface area contributed by atoms with Gasteiger partial charge in [-0.25, -0.2) is 0 Å². The van der Waals surface area contributed by atoms with Gasteiger partial charge in [-0.2, -0.15) is 0 Å². The quantitative estimate of drug-likeness (QED) is 0.813. The molecule has 0 atom stereocenters. The molecule has 1 fully saturated rings. The summed E-state index contributed by atoms with van der Waals surface area (Å²) in [7, 11) is 0. The maximum Gasteiger partial charge on any atom is 0.240 e. The smallest absolute Gasteiger partial charge is 0.240 e. The van der Waals surface area contributed by atoms with Gasteiger partial charge in [0.15, 0.2) is 0 Å². The number of hydrogen-bond acceptors (Lipinski definition) is 2. The van der Waals surface area contributed by atoms with Crippen molar-refractivity contribution in [1.82, 2.24) is 0 Å². The van der Waals surface area contributed by atoms with Gasteiger partial charge in [-0.15, -0.1) is 0 Å². The van der Waals surface area contributed by atoms with Crippen LogP contribution in [-0.2, 0) is 9.59 Å². The number of hydrogen-bond donors (Lipinski definition) is 2. The van der Waals surface area contributed by atoms with Gasteiger partial charge in [-0.1, -0.05) is 35.9 Å². The predicted molar refractivity (Wildman–Crippen MR) is 96.3 cm³/mol. The number of para-hydroxylation sites is 1. The highest BCUT2D eigenvalue weighted by atomic mass is 35.5. The average Bonchev–Trinajstić information content (AvgIpc) is 3.36. The third-order valence-electron chi connectivity index (χ3n) is 4.59. The zero-order valence-corrected chi connectivity index (χ0v) is 14.4. The Kier molecular flexibility index (Phi) is 4.33. The number of aryl methyl sites for hydroxylation is 1. The summed E-state index contributed by atoms with van der Waals surface area (Å²) in [5.41, 5.74) is 2.37. The van der Waals surface area contributed by atoms with E-state index in [9.17, 15) is 9.59 Å². The molecule has 0 saturated heterocycles. The summed E-state index contributed by atoms with van der Waals surface area (Å²) in [6.45, 7) is 3.94. The van der Waals surface area contributed by atoms with Crippen molar-refractivity contribution in [2.45, 2.75) is 26.7 Å². The Morgan fingerprint density at radius 2 is 1.50 bits per heavy atom. The van der Waals surface area contributed by atoms with Gasteiger partial charge >= 0.3 is 0 Å². The van der Waals surface area contributed by atoms with Crippen LogP contribution in [0.3, 0.4) is 0 Å². The lowest BCUT2D eigenvalue weighted by Gasteiger charge is -2.17. The van der Waals surface area contributed by atoms with E-state index in [2.05, 4.69) is 10.6 Å². The molecular weight excluding hydrogens is 324 g/mol. The van der Waals surface area contributed by atoms with E-state index < -0.39 is 5.41 Å². The Morgan fingerprint density at radius 1 is 0.917 bits per heavy atom. The van der Waals surface area contributed by atoms with Crippen molar-refractivity contribution in [2.75, 3.05) is 10.6 Å². The number of benzene rings is 2. The summed E-state index contributed by atoms with van der Waals surface area (Å²) < 4.78 is 0. The van der Waals surface area contributed by atoms with Crippen LogP contribution in [0.1, 0.15) is 24.0 Å². The van der Waals surface area contributed by atoms with E-state index >= 15 is 0 Å². The van der Waals surface area contributed by atoms with Crippen molar-refractivity contribution in [1.29, 1.82) is 0 Å². The molecule has 3 rings (SSSR count). The second-order valence-corrected chi connectivity index (χ2v) is 6.62. The molecule has 5 heteroatoms. The lowest BCUT2D eigenvalue weighted by atomic mass is 10.0. The minimum absolute atomic E-state index is 0.263. The fourth-order valence-corrected chi connectivity index (χ4v) is 2.80. The molecule has 2 amide bonds. The first-order valence-corrected chi connectivity index (χ1v) is 8.25. The second-order valence-electron chi connectivity index (χ2n) is 6.22. The fraction of sp³-hybridized carbons (Fsp3) is 0.263. The van der Waals surface area contributed by atoms with Crippen LogP contribution in [-0.4, -0.2) is 11.8 Å². The van der Waals surface area contributed by atoms with Gasteiger partial charge in [0, 0.05) is 5.69 Å². The highest BCUT2D eigenvalue weighted by Gasteiger charge is 2.56. The molecular formula is C19H19ClN2O2. The zero-order chi connectivity index (χ0) is 17.3. The van der Waals surface area contributed by atoms with Gasteiger partial charge in [-0.3, -0.25) is 9.59 Å². The summed E-state index contributed by atoms with van der Waals surface area (Å²) in [6, 6.07) is 12.7. The standard InChI is InChI=1S/C19H19ClN2O2/c1-12-6-5-9-15(13(12)2)21-17(23)19(10-11-19)18(24)22-16-8-4-3-7-14(16)20/h3-9H,10-11H2,1-2H3,(H,21,23)(H,22,24). The second kappa shape index (κ2) is 6.29. The van der Waals surface area contributed by atoms with E-state index in [-0.39, 0.29) is 11.8 Å². The third-order valence-corrected chi connectivity index (χ3v) is 4.92. The zero-order valence-electron chi connectivity index (χ0n) is 13.7. The van der Waals surface area contributed by atoms with E-state index in [1.54, 1.807) is 24.3 Å². The van der Waals surface area contributed by atoms with Crippen LogP contribution < -0.4 is 10.6 Å². The van der Waals surface area contributed by atoms with Gasteiger partial charge in [0.1, 0.15) is 5.41 Å². The predicted octanol–water partition coefficient (Wildman–Crippen LogP) is 4.31. The molecule has 1 aliphatic carbocycles. The normalized spacial score (nSPS) is 14.8. The number of carbonyl (C=O) groups is 2. The summed E-state index contributed by atoms with van der Waals surface area (Å²) >= 11 is 6.07. The minimum Gasteiger partial charge on any atom is -0.325 e. The number of anilines is 2. The van der Waals surface area contributed by atoms with Crippen molar-refractivity contribution in [3.63, 3.8) is 0 Å². The van der Waals surface area contributed by atoms with Crippen LogP contribution >= 0.6 is 11.6 Å². The van der Waals surface area contributed by atoms with Crippen LogP contribution in [0, 0.1) is 19.3 Å². The number of amides is 2. The van der Waals surface area contributed by atoms with E-state index in [1.165, 1.54) is 0 Å². The van der Waals surface area contributed by atoms with Crippen molar-refractivity contribution in [3.8, 4) is 0 Å². The molecule has 0 unspecified atom stereocenters. The molecule has 124 valence electrons. The highest BCUT2D eigenvalue weighted by molar-refractivity contribution is 6.34. The maximum atomic E-state index is 12.7. The van der Waals surface area contributed by atoms with E-state index in [1.807, 2.05) is 32.0 Å². The SMILES string of the molecule is Cc1cccc(NC(=O)C2(C(=O)Nc3ccccc3Cl)CC2)c1C. The molecule has 0 aliphatic heterocycles. The number of rotatable bonds is 4. The molecule has 0 spiro atoms. The van der Waals surface area contributed by atoms with Crippen LogP contribution in [0.4, 0.5) is 11.4 Å². The molecule has 24 heavy (non-hydrogen) atoms. The first-order chi connectivity index (χ1) is 11.4. The van der Waals surface area contributed by atoms with Crippen molar-refractivity contribution in [3.05, 3.63) is 58.6 Å². The summed E-state index contributed by atoms with van der Waals surface area (Å²) in [5.74, 6) is -0.570. The molecule has 2 aromatic carbocycles. The maximum absolute atomic E-state index is 12.7. The van der Waals surface area contributed by atoms with E-state index in [0.29, 0.717) is 23.6 Å². The van der Waals surface area contributed by atoms with Crippen molar-refractivity contribution >= 4 is 34.8 Å². The molecule has 1 saturated carbocycles. The van der Waals surface area contributed by atoms with Gasteiger partial charge in [0.2, 0.25) is 11.8 Å². The molecule has 0 heterocycles. The van der Waals surface area contributed by atoms with Crippen molar-refractivity contribution in [2.24, 2.45) is 5.41 Å². The summed E-state index contributed by atoms with van der Waals surface area (Å²) in [6.07, 6.45) is 1.08. The Balaban J connectivity index is 1.76. The Morgan fingerprint density at radius 3 is 2.12 bits per heavy atom. The molecule has 0 radical (unpaired) electrons. The number of halogens is 1. The van der Waals surface area contributed by atoms with Gasteiger partial charge < -0.3 is 10.6 Å². The molecule has 4 nitrogen and oxygen atoms in total. The Labute approximate surface area is 146 Å². The average molecular weight is 343 g/mol.